The van der Waals surface area contributed by atoms with Crippen molar-refractivity contribution in [2.75, 3.05) is 31.1 Å². The number of rotatable bonds is 5. The molecule has 166 valence electrons. The highest BCUT2D eigenvalue weighted by molar-refractivity contribution is 6.31. The Hall–Kier alpha value is -2.93. The van der Waals surface area contributed by atoms with Crippen molar-refractivity contribution in [3.63, 3.8) is 0 Å². The lowest BCUT2D eigenvalue weighted by atomic mass is 10.0. The van der Waals surface area contributed by atoms with Gasteiger partial charge in [0.2, 0.25) is 0 Å². The van der Waals surface area contributed by atoms with Crippen LogP contribution < -0.4 is 4.90 Å². The van der Waals surface area contributed by atoms with E-state index in [2.05, 4.69) is 4.90 Å². The third-order valence-corrected chi connectivity index (χ3v) is 6.52. The molecule has 6 nitrogen and oxygen atoms in total. The standard InChI is InChI=1S/C24H24ClFN4O2/c1-15-17(14-18-19(25)4-2-5-20(18)26)23(28-22(27-15)16-7-8-16)29-9-11-30(12-10-29)24(31)21-6-3-13-32-21/h2-6,13,16H,7-12,14H2,1H3. The number of hydrogen-bond acceptors (Lipinski definition) is 5. The van der Waals surface area contributed by atoms with Crippen molar-refractivity contribution in [3.05, 3.63) is 75.8 Å². The summed E-state index contributed by atoms with van der Waals surface area (Å²) in [5.74, 6) is 2.00. The molecule has 0 atom stereocenters. The van der Waals surface area contributed by atoms with Crippen molar-refractivity contribution in [3.8, 4) is 0 Å². The number of piperazine rings is 1. The van der Waals surface area contributed by atoms with Crippen molar-refractivity contribution in [1.29, 1.82) is 0 Å². The third kappa shape index (κ3) is 4.09. The van der Waals surface area contributed by atoms with Crippen molar-refractivity contribution in [2.45, 2.75) is 32.1 Å². The van der Waals surface area contributed by atoms with Gasteiger partial charge in [-0.3, -0.25) is 4.79 Å². The topological polar surface area (TPSA) is 62.5 Å². The largest absolute Gasteiger partial charge is 0.459 e. The van der Waals surface area contributed by atoms with Crippen LogP contribution in [-0.4, -0.2) is 47.0 Å². The van der Waals surface area contributed by atoms with Crippen LogP contribution in [-0.2, 0) is 6.42 Å². The SMILES string of the molecule is Cc1nc(C2CC2)nc(N2CCN(C(=O)c3ccco3)CC2)c1Cc1c(F)cccc1Cl. The molecule has 3 heterocycles. The number of furan rings is 1. The summed E-state index contributed by atoms with van der Waals surface area (Å²) in [7, 11) is 0. The van der Waals surface area contributed by atoms with E-state index in [9.17, 15) is 9.18 Å². The molecule has 0 spiro atoms. The van der Waals surface area contributed by atoms with Crippen LogP contribution in [0.4, 0.5) is 10.2 Å². The molecule has 1 saturated heterocycles. The van der Waals surface area contributed by atoms with Gasteiger partial charge in [-0.1, -0.05) is 17.7 Å². The summed E-state index contributed by atoms with van der Waals surface area (Å²) < 4.78 is 19.8. The van der Waals surface area contributed by atoms with E-state index in [1.54, 1.807) is 29.2 Å². The van der Waals surface area contributed by atoms with Crippen LogP contribution in [0.5, 0.6) is 0 Å². The Bertz CT molecular complexity index is 1120. The summed E-state index contributed by atoms with van der Waals surface area (Å²) >= 11 is 6.32. The predicted molar refractivity (Wildman–Crippen MR) is 120 cm³/mol. The Morgan fingerprint density at radius 2 is 1.91 bits per heavy atom. The molecule has 0 unspecified atom stereocenters. The first kappa shape index (κ1) is 20.9. The minimum absolute atomic E-state index is 0.106. The summed E-state index contributed by atoms with van der Waals surface area (Å²) in [6, 6.07) is 8.13. The van der Waals surface area contributed by atoms with E-state index < -0.39 is 0 Å². The van der Waals surface area contributed by atoms with Gasteiger partial charge in [0.15, 0.2) is 5.76 Å². The quantitative estimate of drug-likeness (QED) is 0.563. The van der Waals surface area contributed by atoms with Crippen LogP contribution in [0.2, 0.25) is 5.02 Å². The summed E-state index contributed by atoms with van der Waals surface area (Å²) in [6.07, 6.45) is 4.03. The monoisotopic (exact) mass is 454 g/mol. The molecule has 1 aliphatic carbocycles. The van der Waals surface area contributed by atoms with Crippen LogP contribution in [0.25, 0.3) is 0 Å². The van der Waals surface area contributed by atoms with E-state index in [1.807, 2.05) is 6.92 Å². The Labute approximate surface area is 191 Å². The number of halogens is 2. The normalized spacial score (nSPS) is 16.5. The number of carbonyl (C=O) groups excluding carboxylic acids is 1. The molecule has 1 amide bonds. The number of aryl methyl sites for hydroxylation is 1. The van der Waals surface area contributed by atoms with Gasteiger partial charge >= 0.3 is 0 Å². The Balaban J connectivity index is 1.43. The summed E-state index contributed by atoms with van der Waals surface area (Å²) in [6.45, 7) is 4.33. The van der Waals surface area contributed by atoms with E-state index in [4.69, 9.17) is 26.0 Å². The Kier molecular flexibility index (Phi) is 5.59. The van der Waals surface area contributed by atoms with Gasteiger partial charge in [-0.15, -0.1) is 0 Å². The molecule has 5 rings (SSSR count). The second kappa shape index (κ2) is 8.54. The number of carbonyl (C=O) groups is 1. The molecular formula is C24H24ClFN4O2. The van der Waals surface area contributed by atoms with E-state index in [1.165, 1.54) is 12.3 Å². The number of anilines is 1. The zero-order chi connectivity index (χ0) is 22.2. The maximum Gasteiger partial charge on any atom is 0.289 e. The maximum absolute atomic E-state index is 14.5. The van der Waals surface area contributed by atoms with E-state index in [0.29, 0.717) is 54.9 Å². The average molecular weight is 455 g/mol. The molecule has 3 aromatic rings. The van der Waals surface area contributed by atoms with Gasteiger partial charge in [0.1, 0.15) is 17.5 Å². The lowest BCUT2D eigenvalue weighted by Crippen LogP contribution is -2.49. The molecule has 1 aliphatic heterocycles. The summed E-state index contributed by atoms with van der Waals surface area (Å²) in [5.41, 5.74) is 2.19. The molecule has 0 N–H and O–H groups in total. The first-order valence-electron chi connectivity index (χ1n) is 10.9. The summed E-state index contributed by atoms with van der Waals surface area (Å²) in [4.78, 5) is 26.3. The Morgan fingerprint density at radius 3 is 2.56 bits per heavy atom. The van der Waals surface area contributed by atoms with Crippen molar-refractivity contribution >= 4 is 23.3 Å². The van der Waals surface area contributed by atoms with E-state index in [-0.39, 0.29) is 11.7 Å². The van der Waals surface area contributed by atoms with Gasteiger partial charge in [-0.25, -0.2) is 14.4 Å². The number of benzene rings is 1. The van der Waals surface area contributed by atoms with Crippen LogP contribution in [0.3, 0.4) is 0 Å². The molecule has 1 saturated carbocycles. The fraction of sp³-hybridized carbons (Fsp3) is 0.375. The van der Waals surface area contributed by atoms with Gasteiger partial charge in [-0.05, 0) is 44.0 Å². The number of aromatic nitrogens is 2. The highest BCUT2D eigenvalue weighted by Crippen LogP contribution is 2.40. The molecule has 32 heavy (non-hydrogen) atoms. The fourth-order valence-corrected chi connectivity index (χ4v) is 4.38. The lowest BCUT2D eigenvalue weighted by Gasteiger charge is -2.36. The molecule has 2 fully saturated rings. The maximum atomic E-state index is 14.5. The molecule has 2 aromatic heterocycles. The third-order valence-electron chi connectivity index (χ3n) is 6.17. The zero-order valence-electron chi connectivity index (χ0n) is 17.9. The van der Waals surface area contributed by atoms with Gasteiger partial charge in [0, 0.05) is 60.4 Å². The molecule has 2 aliphatic rings. The number of amides is 1. The summed E-state index contributed by atoms with van der Waals surface area (Å²) in [5, 5.41) is 0.399. The molecule has 1 aromatic carbocycles. The fourth-order valence-electron chi connectivity index (χ4n) is 4.15. The van der Waals surface area contributed by atoms with Crippen molar-refractivity contribution in [2.24, 2.45) is 0 Å². The molecule has 0 bridgehead atoms. The average Bonchev–Trinajstić information content (AvgIpc) is 3.50. The first-order valence-corrected chi connectivity index (χ1v) is 11.3. The lowest BCUT2D eigenvalue weighted by molar-refractivity contribution is 0.0714. The zero-order valence-corrected chi connectivity index (χ0v) is 18.6. The minimum atomic E-state index is -0.331. The van der Waals surface area contributed by atoms with Crippen LogP contribution in [0.15, 0.2) is 41.0 Å². The van der Waals surface area contributed by atoms with Crippen molar-refractivity contribution in [1.82, 2.24) is 14.9 Å². The van der Waals surface area contributed by atoms with Crippen LogP contribution >= 0.6 is 11.6 Å². The second-order valence-corrected chi connectivity index (χ2v) is 8.78. The van der Waals surface area contributed by atoms with Crippen molar-refractivity contribution < 1.29 is 13.6 Å². The van der Waals surface area contributed by atoms with E-state index in [0.717, 1.165) is 35.7 Å². The highest BCUT2D eigenvalue weighted by atomic mass is 35.5. The predicted octanol–water partition coefficient (Wildman–Crippen LogP) is 4.60. The Morgan fingerprint density at radius 1 is 1.12 bits per heavy atom. The first-order chi connectivity index (χ1) is 15.5. The van der Waals surface area contributed by atoms with Gasteiger partial charge in [-0.2, -0.15) is 0 Å². The van der Waals surface area contributed by atoms with Crippen LogP contribution in [0, 0.1) is 12.7 Å². The highest BCUT2D eigenvalue weighted by Gasteiger charge is 2.31. The van der Waals surface area contributed by atoms with Gasteiger partial charge in [0.25, 0.3) is 5.91 Å². The van der Waals surface area contributed by atoms with Gasteiger partial charge < -0.3 is 14.2 Å². The second-order valence-electron chi connectivity index (χ2n) is 8.38. The smallest absolute Gasteiger partial charge is 0.289 e. The van der Waals surface area contributed by atoms with E-state index >= 15 is 0 Å². The molecule has 0 radical (unpaired) electrons. The number of hydrogen-bond donors (Lipinski definition) is 0. The van der Waals surface area contributed by atoms with Gasteiger partial charge in [0.05, 0.1) is 6.26 Å². The number of nitrogens with zero attached hydrogens (tertiary/aromatic N) is 4. The minimum Gasteiger partial charge on any atom is -0.459 e. The van der Waals surface area contributed by atoms with Crippen LogP contribution in [0.1, 0.15) is 52.0 Å². The molecular weight excluding hydrogens is 431 g/mol. The molecule has 8 heteroatoms.